The summed E-state index contributed by atoms with van der Waals surface area (Å²) in [5.74, 6) is 0. The molecule has 40 heavy (non-hydrogen) atoms. The lowest BCUT2D eigenvalue weighted by molar-refractivity contribution is 1.13. The normalized spacial score (nSPS) is 14.2. The minimum atomic E-state index is 0.886. The fourth-order valence-electron chi connectivity index (χ4n) is 5.04. The van der Waals surface area contributed by atoms with E-state index >= 15 is 0 Å². The summed E-state index contributed by atoms with van der Waals surface area (Å²) >= 11 is 0. The number of rotatable bonds is 11. The van der Waals surface area contributed by atoms with Crippen molar-refractivity contribution >= 4 is 64.6 Å². The maximum atomic E-state index is 4.18. The zero-order valence-electron chi connectivity index (χ0n) is 25.6. The van der Waals surface area contributed by atoms with E-state index in [9.17, 15) is 0 Å². The third kappa shape index (κ3) is 7.51. The summed E-state index contributed by atoms with van der Waals surface area (Å²) in [6.45, 7) is 10.8. The molecule has 0 aromatic heterocycles. The summed E-state index contributed by atoms with van der Waals surface area (Å²) in [5.41, 5.74) is 10.3. The quantitative estimate of drug-likeness (QED) is 0.149. The van der Waals surface area contributed by atoms with Crippen LogP contribution in [0.4, 0.5) is 0 Å². The van der Waals surface area contributed by atoms with Crippen LogP contribution in [0.25, 0.3) is 33.2 Å². The molecule has 0 unspecified atom stereocenters. The number of hydrogen-bond acceptors (Lipinski definition) is 0. The summed E-state index contributed by atoms with van der Waals surface area (Å²) in [7, 11) is 8.72. The standard InChI is InChI=1S/C36H42B4/c1-5-7-18-27(6-2)19-12-10-8-9-11-13-20-28-29-21-14-16-23-31(29)33(32-24-17-15-22-30(28)32)25(3)34(38)36(40)35(39)26(4)37/h7-10,12-24H,4-6,11,37-40H2,1-3H3/b9-8-,12-10+,18-7-,20-13+,27-19+,34-25-,36-35-. The Hall–Kier alpha value is -3.64. The molecule has 0 spiro atoms. The van der Waals surface area contributed by atoms with E-state index in [0.29, 0.717) is 0 Å². The first kappa shape index (κ1) is 30.9. The van der Waals surface area contributed by atoms with E-state index in [0.717, 1.165) is 24.7 Å². The molecule has 3 aromatic carbocycles. The Balaban J connectivity index is 2.02. The topological polar surface area (TPSA) is 0 Å². The van der Waals surface area contributed by atoms with Gasteiger partial charge in [0, 0.05) is 0 Å². The van der Waals surface area contributed by atoms with Crippen molar-refractivity contribution in [2.75, 3.05) is 0 Å². The van der Waals surface area contributed by atoms with E-state index in [1.807, 2.05) is 0 Å². The first-order valence-corrected chi connectivity index (χ1v) is 14.6. The molecule has 0 saturated carbocycles. The largest absolute Gasteiger partial charge is 0.138 e. The highest BCUT2D eigenvalue weighted by molar-refractivity contribution is 6.46. The highest BCUT2D eigenvalue weighted by Gasteiger charge is 2.15. The summed E-state index contributed by atoms with van der Waals surface area (Å²) in [5, 5.41) is 5.18. The van der Waals surface area contributed by atoms with Gasteiger partial charge < -0.3 is 0 Å². The smallest absolute Gasteiger partial charge is 0.106 e. The van der Waals surface area contributed by atoms with Gasteiger partial charge in [-0.1, -0.05) is 123 Å². The fourth-order valence-corrected chi connectivity index (χ4v) is 5.04. The Morgan fingerprint density at radius 2 is 1.32 bits per heavy atom. The SMILES string of the molecule is BC(=C)/C(B)=C(B)\C(B)=C(/C)c1c2ccccc2c(/C=C/C\C=C/C=C/C=C(/C=C\CC)CC)c2ccccc12. The Bertz CT molecular complexity index is 1530. The van der Waals surface area contributed by atoms with E-state index in [1.54, 1.807) is 0 Å². The Morgan fingerprint density at radius 3 is 1.88 bits per heavy atom. The molecule has 0 aliphatic carbocycles. The zero-order valence-corrected chi connectivity index (χ0v) is 25.6. The molecule has 3 aromatic rings. The minimum absolute atomic E-state index is 0.886. The van der Waals surface area contributed by atoms with Gasteiger partial charge in [0.2, 0.25) is 0 Å². The van der Waals surface area contributed by atoms with Gasteiger partial charge in [0.1, 0.15) is 31.4 Å². The van der Waals surface area contributed by atoms with Crippen LogP contribution in [0.1, 0.15) is 51.2 Å². The van der Waals surface area contributed by atoms with Gasteiger partial charge in [0.15, 0.2) is 0 Å². The zero-order chi connectivity index (χ0) is 29.1. The molecule has 0 atom stereocenters. The van der Waals surface area contributed by atoms with Crippen LogP contribution in [0.5, 0.6) is 0 Å². The molecule has 0 amide bonds. The van der Waals surface area contributed by atoms with Crippen molar-refractivity contribution in [1.82, 2.24) is 0 Å². The summed E-state index contributed by atoms with van der Waals surface area (Å²) in [4.78, 5) is 0. The molecule has 0 radical (unpaired) electrons. The van der Waals surface area contributed by atoms with Crippen molar-refractivity contribution in [1.29, 1.82) is 0 Å². The average Bonchev–Trinajstić information content (AvgIpc) is 2.97. The fraction of sp³-hybridized carbons (Fsp3) is 0.167. The highest BCUT2D eigenvalue weighted by atomic mass is 14.2. The predicted molar refractivity (Wildman–Crippen MR) is 194 cm³/mol. The van der Waals surface area contributed by atoms with Crippen molar-refractivity contribution in [3.63, 3.8) is 0 Å². The van der Waals surface area contributed by atoms with Crippen molar-refractivity contribution in [2.24, 2.45) is 0 Å². The van der Waals surface area contributed by atoms with Gasteiger partial charge in [0.05, 0.1) is 0 Å². The number of hydrogen-bond donors (Lipinski definition) is 0. The van der Waals surface area contributed by atoms with Crippen LogP contribution in [0.15, 0.2) is 131 Å². The second-order valence-electron chi connectivity index (χ2n) is 10.5. The minimum Gasteiger partial charge on any atom is -0.106 e. The van der Waals surface area contributed by atoms with E-state index < -0.39 is 0 Å². The van der Waals surface area contributed by atoms with E-state index in [4.69, 9.17) is 0 Å². The first-order chi connectivity index (χ1) is 19.3. The molecule has 0 nitrogen and oxygen atoms in total. The van der Waals surface area contributed by atoms with Gasteiger partial charge >= 0.3 is 0 Å². The second kappa shape index (κ2) is 15.2. The number of fused-ring (bicyclic) bond motifs is 2. The molecule has 0 bridgehead atoms. The molecule has 0 heterocycles. The molecule has 0 aliphatic rings. The Labute approximate surface area is 246 Å². The maximum Gasteiger partial charge on any atom is 0.138 e. The molecular formula is C36H42B4. The molecule has 0 N–H and O–H groups in total. The molecule has 3 rings (SSSR count). The molecule has 198 valence electrons. The van der Waals surface area contributed by atoms with E-state index in [1.165, 1.54) is 60.2 Å². The van der Waals surface area contributed by atoms with Gasteiger partial charge in [-0.25, -0.2) is 0 Å². The van der Waals surface area contributed by atoms with Crippen molar-refractivity contribution in [3.8, 4) is 0 Å². The van der Waals surface area contributed by atoms with Crippen LogP contribution >= 0.6 is 0 Å². The lowest BCUT2D eigenvalue weighted by atomic mass is 9.64. The van der Waals surface area contributed by atoms with Crippen LogP contribution < -0.4 is 0 Å². The molecule has 0 fully saturated rings. The Morgan fingerprint density at radius 1 is 0.725 bits per heavy atom. The lowest BCUT2D eigenvalue weighted by Crippen LogP contribution is -2.02. The van der Waals surface area contributed by atoms with Gasteiger partial charge in [0.25, 0.3) is 0 Å². The number of benzene rings is 3. The molecular weight excluding hydrogens is 476 g/mol. The van der Waals surface area contributed by atoms with Crippen LogP contribution in [-0.2, 0) is 0 Å². The van der Waals surface area contributed by atoms with E-state index in [2.05, 4.69) is 162 Å². The van der Waals surface area contributed by atoms with Crippen molar-refractivity contribution < 1.29 is 0 Å². The van der Waals surface area contributed by atoms with Crippen LogP contribution in [-0.4, -0.2) is 31.4 Å². The third-order valence-electron chi connectivity index (χ3n) is 7.88. The summed E-state index contributed by atoms with van der Waals surface area (Å²) in [6.07, 6.45) is 22.8. The number of allylic oxidation sites excluding steroid dienone is 14. The summed E-state index contributed by atoms with van der Waals surface area (Å²) in [6, 6.07) is 17.7. The first-order valence-electron chi connectivity index (χ1n) is 14.6. The summed E-state index contributed by atoms with van der Waals surface area (Å²) < 4.78 is 0. The van der Waals surface area contributed by atoms with Gasteiger partial charge in [-0.3, -0.25) is 0 Å². The monoisotopic (exact) mass is 518 g/mol. The van der Waals surface area contributed by atoms with Crippen LogP contribution in [0.2, 0.25) is 0 Å². The molecule has 0 aliphatic heterocycles. The van der Waals surface area contributed by atoms with Gasteiger partial charge in [-0.05, 0) is 70.0 Å². The van der Waals surface area contributed by atoms with Crippen molar-refractivity contribution in [3.05, 3.63) is 142 Å². The maximum absolute atomic E-state index is 4.18. The molecule has 4 heteroatoms. The Kier molecular flexibility index (Phi) is 11.8. The second-order valence-corrected chi connectivity index (χ2v) is 10.5. The lowest BCUT2D eigenvalue weighted by Gasteiger charge is -2.19. The third-order valence-corrected chi connectivity index (χ3v) is 7.88. The highest BCUT2D eigenvalue weighted by Crippen LogP contribution is 2.38. The van der Waals surface area contributed by atoms with Crippen LogP contribution in [0.3, 0.4) is 0 Å². The van der Waals surface area contributed by atoms with Crippen LogP contribution in [0, 0.1) is 0 Å². The van der Waals surface area contributed by atoms with Gasteiger partial charge in [-0.2, -0.15) is 0 Å². The molecule has 0 saturated heterocycles. The van der Waals surface area contributed by atoms with Gasteiger partial charge in [-0.15, -0.1) is 23.0 Å². The average molecular weight is 518 g/mol. The van der Waals surface area contributed by atoms with E-state index in [-0.39, 0.29) is 0 Å². The van der Waals surface area contributed by atoms with Crippen molar-refractivity contribution in [2.45, 2.75) is 40.0 Å². The predicted octanol–water partition coefficient (Wildman–Crippen LogP) is 6.80.